The van der Waals surface area contributed by atoms with Crippen molar-refractivity contribution in [3.8, 4) is 5.75 Å². The highest BCUT2D eigenvalue weighted by Crippen LogP contribution is 2.36. The van der Waals surface area contributed by atoms with E-state index in [1.165, 1.54) is 31.4 Å². The zero-order chi connectivity index (χ0) is 24.4. The van der Waals surface area contributed by atoms with Gasteiger partial charge in [0.25, 0.3) is 23.4 Å². The topological polar surface area (TPSA) is 127 Å². The summed E-state index contributed by atoms with van der Waals surface area (Å²) in [4.78, 5) is 63.0. The van der Waals surface area contributed by atoms with Crippen molar-refractivity contribution in [2.75, 3.05) is 13.7 Å². The van der Waals surface area contributed by atoms with Gasteiger partial charge < -0.3 is 4.74 Å². The minimum atomic E-state index is -0.787. The van der Waals surface area contributed by atoms with Crippen molar-refractivity contribution in [3.63, 3.8) is 0 Å². The minimum Gasteiger partial charge on any atom is -0.497 e. The van der Waals surface area contributed by atoms with Crippen LogP contribution >= 0.6 is 0 Å². The molecule has 0 saturated carbocycles. The summed E-state index contributed by atoms with van der Waals surface area (Å²) in [6.07, 6.45) is 4.39. The highest BCUT2D eigenvalue weighted by Gasteiger charge is 2.51. The van der Waals surface area contributed by atoms with Gasteiger partial charge in [-0.25, -0.2) is 5.01 Å². The number of nitro benzene ring substituents is 1. The van der Waals surface area contributed by atoms with E-state index in [2.05, 4.69) is 0 Å². The molecule has 0 radical (unpaired) electrons. The van der Waals surface area contributed by atoms with Gasteiger partial charge in [0, 0.05) is 23.3 Å². The van der Waals surface area contributed by atoms with Crippen LogP contribution in [0.2, 0.25) is 0 Å². The van der Waals surface area contributed by atoms with Gasteiger partial charge in [0.05, 0.1) is 23.9 Å². The Balaban J connectivity index is 1.67. The second-order valence-electron chi connectivity index (χ2n) is 7.96. The number of allylic oxidation sites excluding steroid dienone is 2. The number of nitro groups is 1. The largest absolute Gasteiger partial charge is 0.497 e. The zero-order valence-corrected chi connectivity index (χ0v) is 18.2. The normalized spacial score (nSPS) is 19.0. The van der Waals surface area contributed by atoms with Crippen molar-refractivity contribution < 1.29 is 28.8 Å². The van der Waals surface area contributed by atoms with Crippen molar-refractivity contribution in [3.05, 3.63) is 81.9 Å². The molecule has 0 bridgehead atoms. The van der Waals surface area contributed by atoms with Gasteiger partial charge in [-0.15, -0.1) is 0 Å². The van der Waals surface area contributed by atoms with Crippen LogP contribution in [-0.2, 0) is 9.59 Å². The molecule has 10 nitrogen and oxygen atoms in total. The number of non-ortho nitro benzene ring substituents is 1. The van der Waals surface area contributed by atoms with Crippen LogP contribution < -0.4 is 4.74 Å². The van der Waals surface area contributed by atoms with Crippen molar-refractivity contribution in [1.29, 1.82) is 0 Å². The molecular weight excluding hydrogens is 442 g/mol. The summed E-state index contributed by atoms with van der Waals surface area (Å²) in [5.41, 5.74) is 0.0463. The predicted octanol–water partition coefficient (Wildman–Crippen LogP) is 2.79. The van der Waals surface area contributed by atoms with Gasteiger partial charge in [0.15, 0.2) is 5.78 Å². The Kier molecular flexibility index (Phi) is 6.22. The number of methoxy groups -OCH3 is 1. The van der Waals surface area contributed by atoms with Crippen molar-refractivity contribution in [1.82, 2.24) is 10.0 Å². The quantitative estimate of drug-likeness (QED) is 0.203. The summed E-state index contributed by atoms with van der Waals surface area (Å²) in [5.74, 6) is -3.02. The molecule has 10 heteroatoms. The lowest BCUT2D eigenvalue weighted by Crippen LogP contribution is -2.52. The van der Waals surface area contributed by atoms with Gasteiger partial charge in [0.2, 0.25) is 0 Å². The molecule has 2 aromatic carbocycles. The van der Waals surface area contributed by atoms with Crippen LogP contribution in [0.5, 0.6) is 5.75 Å². The molecule has 174 valence electrons. The maximum atomic E-state index is 13.4. The summed E-state index contributed by atoms with van der Waals surface area (Å²) in [6.45, 7) is -0.563. The van der Waals surface area contributed by atoms with Gasteiger partial charge in [-0.1, -0.05) is 12.2 Å². The summed E-state index contributed by atoms with van der Waals surface area (Å²) >= 11 is 0. The number of nitrogens with zero attached hydrogens (tertiary/aromatic N) is 3. The number of ether oxygens (including phenoxy) is 1. The number of Topliss-reactive ketones (excluding diaryl/α,β-unsaturated/α-hetero) is 1. The van der Waals surface area contributed by atoms with E-state index >= 15 is 0 Å². The number of hydrazine groups is 1. The average molecular weight is 463 g/mol. The molecule has 1 aliphatic carbocycles. The third kappa shape index (κ3) is 4.17. The molecule has 0 spiro atoms. The van der Waals surface area contributed by atoms with Gasteiger partial charge in [0.1, 0.15) is 12.3 Å². The van der Waals surface area contributed by atoms with Crippen LogP contribution in [0.25, 0.3) is 0 Å². The minimum absolute atomic E-state index is 0.00160. The SMILES string of the molecule is COc1ccc(C(=O)CN(C(=O)c2ccc([N+](=O)[O-])cc2)N2C(=O)[C@H]3CC=CC[C@H]3C2=O)cc1. The standard InChI is InChI=1S/C24H21N3O7/c1-34-18-12-8-15(9-13-18)21(28)14-25(22(29)16-6-10-17(11-7-16)27(32)33)26-23(30)19-4-2-3-5-20(19)24(26)31/h2-3,6-13,19-20H,4-5,14H2,1H3/t19-,20+. The van der Waals surface area contributed by atoms with Gasteiger partial charge in [-0.3, -0.25) is 29.3 Å². The van der Waals surface area contributed by atoms with E-state index in [-0.39, 0.29) is 16.8 Å². The van der Waals surface area contributed by atoms with Gasteiger partial charge >= 0.3 is 0 Å². The monoisotopic (exact) mass is 463 g/mol. The predicted molar refractivity (Wildman–Crippen MR) is 119 cm³/mol. The molecule has 4 rings (SSSR count). The first-order valence-electron chi connectivity index (χ1n) is 10.6. The summed E-state index contributed by atoms with van der Waals surface area (Å²) in [7, 11) is 1.49. The molecular formula is C24H21N3O7. The van der Waals surface area contributed by atoms with Crippen molar-refractivity contribution >= 4 is 29.2 Å². The van der Waals surface area contributed by atoms with Crippen LogP contribution in [0.4, 0.5) is 5.69 Å². The number of amides is 3. The third-order valence-electron chi connectivity index (χ3n) is 5.99. The Morgan fingerprint density at radius 3 is 2.00 bits per heavy atom. The molecule has 34 heavy (non-hydrogen) atoms. The molecule has 0 aromatic heterocycles. The molecule has 1 saturated heterocycles. The number of ketones is 1. The molecule has 2 aromatic rings. The Morgan fingerprint density at radius 2 is 1.50 bits per heavy atom. The highest BCUT2D eigenvalue weighted by atomic mass is 16.6. The second-order valence-corrected chi connectivity index (χ2v) is 7.96. The van der Waals surface area contributed by atoms with Crippen LogP contribution in [0, 0.1) is 22.0 Å². The maximum absolute atomic E-state index is 13.4. The zero-order valence-electron chi connectivity index (χ0n) is 18.2. The molecule has 1 heterocycles. The molecule has 2 atom stereocenters. The molecule has 3 amide bonds. The molecule has 2 aliphatic rings. The fraction of sp³-hybridized carbons (Fsp3) is 0.250. The first kappa shape index (κ1) is 22.8. The number of carbonyl (C=O) groups excluding carboxylic acids is 4. The van der Waals surface area contributed by atoms with Crippen LogP contribution in [-0.4, -0.2) is 52.1 Å². The lowest BCUT2D eigenvalue weighted by Gasteiger charge is -2.30. The number of imide groups is 1. The average Bonchev–Trinajstić information content (AvgIpc) is 3.12. The van der Waals surface area contributed by atoms with Crippen LogP contribution in [0.15, 0.2) is 60.7 Å². The Hall–Kier alpha value is -4.34. The van der Waals surface area contributed by atoms with Crippen molar-refractivity contribution in [2.24, 2.45) is 11.8 Å². The van der Waals surface area contributed by atoms with E-state index in [0.717, 1.165) is 22.2 Å². The molecule has 1 fully saturated rings. The maximum Gasteiger partial charge on any atom is 0.273 e. The Labute approximate surface area is 194 Å². The molecule has 0 unspecified atom stereocenters. The fourth-order valence-corrected chi connectivity index (χ4v) is 4.13. The number of rotatable bonds is 7. The summed E-state index contributed by atoms with van der Waals surface area (Å²) < 4.78 is 5.09. The summed E-state index contributed by atoms with van der Waals surface area (Å²) in [6, 6.07) is 11.0. The fourth-order valence-electron chi connectivity index (χ4n) is 4.13. The van der Waals surface area contributed by atoms with E-state index < -0.39 is 46.8 Å². The van der Waals surface area contributed by atoms with Crippen molar-refractivity contribution in [2.45, 2.75) is 12.8 Å². The van der Waals surface area contributed by atoms with E-state index in [9.17, 15) is 29.3 Å². The van der Waals surface area contributed by atoms with Gasteiger partial charge in [-0.2, -0.15) is 5.01 Å². The number of benzene rings is 2. The highest BCUT2D eigenvalue weighted by molar-refractivity contribution is 6.09. The molecule has 0 N–H and O–H groups in total. The Morgan fingerprint density at radius 1 is 0.971 bits per heavy atom. The first-order valence-corrected chi connectivity index (χ1v) is 10.6. The van der Waals surface area contributed by atoms with Crippen LogP contribution in [0.1, 0.15) is 33.6 Å². The van der Waals surface area contributed by atoms with E-state index in [1.54, 1.807) is 12.1 Å². The van der Waals surface area contributed by atoms with E-state index in [0.29, 0.717) is 18.6 Å². The number of carbonyl (C=O) groups is 4. The van der Waals surface area contributed by atoms with Gasteiger partial charge in [-0.05, 0) is 49.2 Å². The first-order chi connectivity index (χ1) is 16.3. The number of hydrogen-bond donors (Lipinski definition) is 0. The summed E-state index contributed by atoms with van der Waals surface area (Å²) in [5, 5.41) is 12.6. The Bertz CT molecular complexity index is 1160. The number of hydrogen-bond acceptors (Lipinski definition) is 7. The van der Waals surface area contributed by atoms with E-state index in [4.69, 9.17) is 4.74 Å². The van der Waals surface area contributed by atoms with E-state index in [1.807, 2.05) is 12.2 Å². The lowest BCUT2D eigenvalue weighted by molar-refractivity contribution is -0.384. The lowest BCUT2D eigenvalue weighted by atomic mass is 9.85. The third-order valence-corrected chi connectivity index (χ3v) is 5.99. The second kappa shape index (κ2) is 9.26. The van der Waals surface area contributed by atoms with Crippen LogP contribution in [0.3, 0.4) is 0 Å². The smallest absolute Gasteiger partial charge is 0.273 e. The molecule has 1 aliphatic heterocycles. The number of fused-ring (bicyclic) bond motifs is 1.